The molecule has 2 nitrogen and oxygen atoms in total. The van der Waals surface area contributed by atoms with Gasteiger partial charge >= 0.3 is 0 Å². The molecule has 0 saturated heterocycles. The number of rotatable bonds is 5. The van der Waals surface area contributed by atoms with Gasteiger partial charge in [-0.05, 0) is 17.7 Å². The van der Waals surface area contributed by atoms with Crippen LogP contribution in [0.15, 0.2) is 18.2 Å². The fraction of sp³-hybridized carbons (Fsp3) is 0.300. The zero-order chi connectivity index (χ0) is 11.3. The number of halogens is 2. The maximum absolute atomic E-state index is 13.0. The van der Waals surface area contributed by atoms with Crippen molar-refractivity contribution in [1.82, 2.24) is 0 Å². The highest BCUT2D eigenvalue weighted by Crippen LogP contribution is 2.19. The zero-order valence-corrected chi connectivity index (χ0v) is 9.58. The number of hydrogen-bond acceptors (Lipinski definition) is 2. The first-order valence-corrected chi connectivity index (χ1v) is 5.93. The molecular formula is C10H11ClFNOS. The molecule has 0 radical (unpaired) electrons. The largest absolute Gasteiger partial charge is 0.370 e. The molecule has 0 bridgehead atoms. The molecule has 2 N–H and O–H groups in total. The first-order chi connectivity index (χ1) is 7.09. The van der Waals surface area contributed by atoms with Crippen molar-refractivity contribution in [2.24, 2.45) is 5.73 Å². The van der Waals surface area contributed by atoms with Crippen molar-refractivity contribution in [3.05, 3.63) is 34.6 Å². The zero-order valence-electron chi connectivity index (χ0n) is 8.00. The maximum atomic E-state index is 13.0. The number of thioether (sulfide) groups is 1. The van der Waals surface area contributed by atoms with Crippen LogP contribution in [0.3, 0.4) is 0 Å². The lowest BCUT2D eigenvalue weighted by molar-refractivity contribution is -0.117. The van der Waals surface area contributed by atoms with Gasteiger partial charge in [0, 0.05) is 17.9 Å². The second-order valence-corrected chi connectivity index (χ2v) is 4.53. The Labute approximate surface area is 97.0 Å². The normalized spacial score (nSPS) is 10.3. The SMILES string of the molecule is NC(=O)CCSCc1ccc(Cl)c(F)c1. The van der Waals surface area contributed by atoms with Crippen LogP contribution in [0.25, 0.3) is 0 Å². The number of amides is 1. The highest BCUT2D eigenvalue weighted by molar-refractivity contribution is 7.98. The summed E-state index contributed by atoms with van der Waals surface area (Å²) in [7, 11) is 0. The Hall–Kier alpha value is -0.740. The Bertz CT molecular complexity index is 359. The molecule has 82 valence electrons. The highest BCUT2D eigenvalue weighted by Gasteiger charge is 2.01. The predicted octanol–water partition coefficient (Wildman–Crippen LogP) is 2.59. The molecule has 0 aliphatic carbocycles. The summed E-state index contributed by atoms with van der Waals surface area (Å²) in [6.07, 6.45) is 0.348. The van der Waals surface area contributed by atoms with Gasteiger partial charge in [0.05, 0.1) is 5.02 Å². The molecular weight excluding hydrogens is 237 g/mol. The molecule has 0 aliphatic rings. The number of nitrogens with two attached hydrogens (primary N) is 1. The van der Waals surface area contributed by atoms with Crippen LogP contribution >= 0.6 is 23.4 Å². The average molecular weight is 248 g/mol. The van der Waals surface area contributed by atoms with E-state index in [0.29, 0.717) is 17.9 Å². The van der Waals surface area contributed by atoms with Crippen LogP contribution in [0, 0.1) is 5.82 Å². The molecule has 1 rings (SSSR count). The van der Waals surface area contributed by atoms with Gasteiger partial charge in [0.15, 0.2) is 0 Å². The minimum absolute atomic E-state index is 0.126. The summed E-state index contributed by atoms with van der Waals surface area (Å²) in [5.74, 6) is 0.579. The van der Waals surface area contributed by atoms with E-state index in [1.54, 1.807) is 6.07 Å². The van der Waals surface area contributed by atoms with Gasteiger partial charge in [-0.1, -0.05) is 17.7 Å². The first-order valence-electron chi connectivity index (χ1n) is 4.39. The van der Waals surface area contributed by atoms with Crippen LogP contribution in [-0.2, 0) is 10.5 Å². The molecule has 0 unspecified atom stereocenters. The van der Waals surface area contributed by atoms with E-state index in [2.05, 4.69) is 0 Å². The van der Waals surface area contributed by atoms with Gasteiger partial charge in [0.1, 0.15) is 5.82 Å². The van der Waals surface area contributed by atoms with Crippen molar-refractivity contribution in [2.45, 2.75) is 12.2 Å². The molecule has 0 atom stereocenters. The van der Waals surface area contributed by atoms with E-state index < -0.39 is 5.82 Å². The molecule has 0 aromatic heterocycles. The fourth-order valence-corrected chi connectivity index (χ4v) is 2.01. The molecule has 0 fully saturated rings. The van der Waals surface area contributed by atoms with Crippen molar-refractivity contribution in [3.8, 4) is 0 Å². The summed E-state index contributed by atoms with van der Waals surface area (Å²) in [6, 6.07) is 4.70. The van der Waals surface area contributed by atoms with E-state index in [4.69, 9.17) is 17.3 Å². The molecule has 0 saturated carbocycles. The quantitative estimate of drug-likeness (QED) is 0.813. The molecule has 1 amide bonds. The van der Waals surface area contributed by atoms with Crippen molar-refractivity contribution in [1.29, 1.82) is 0 Å². The summed E-state index contributed by atoms with van der Waals surface area (Å²) in [4.78, 5) is 10.4. The van der Waals surface area contributed by atoms with Gasteiger partial charge in [0.2, 0.25) is 5.91 Å². The number of benzene rings is 1. The Morgan fingerprint density at radius 2 is 2.27 bits per heavy atom. The van der Waals surface area contributed by atoms with Gasteiger partial charge < -0.3 is 5.73 Å². The number of carbonyl (C=O) groups is 1. The van der Waals surface area contributed by atoms with Crippen LogP contribution in [0.1, 0.15) is 12.0 Å². The number of carbonyl (C=O) groups excluding carboxylic acids is 1. The van der Waals surface area contributed by atoms with E-state index in [1.165, 1.54) is 23.9 Å². The summed E-state index contributed by atoms with van der Waals surface area (Å²) in [6.45, 7) is 0. The second kappa shape index (κ2) is 5.98. The van der Waals surface area contributed by atoms with Crippen molar-refractivity contribution in [3.63, 3.8) is 0 Å². The molecule has 15 heavy (non-hydrogen) atoms. The van der Waals surface area contributed by atoms with Gasteiger partial charge in [-0.2, -0.15) is 11.8 Å². The standard InChI is InChI=1S/C10H11ClFNOS/c11-8-2-1-7(5-9(8)12)6-15-4-3-10(13)14/h1-2,5H,3-4,6H2,(H2,13,14). The third-order valence-electron chi connectivity index (χ3n) is 1.75. The number of primary amides is 1. The third-order valence-corrected chi connectivity index (χ3v) is 3.08. The van der Waals surface area contributed by atoms with E-state index >= 15 is 0 Å². The Kier molecular flexibility index (Phi) is 4.91. The Morgan fingerprint density at radius 1 is 1.53 bits per heavy atom. The lowest BCUT2D eigenvalue weighted by Gasteiger charge is -2.01. The number of hydrogen-bond donors (Lipinski definition) is 1. The molecule has 5 heteroatoms. The van der Waals surface area contributed by atoms with Gasteiger partial charge in [-0.3, -0.25) is 4.79 Å². The average Bonchev–Trinajstić information content (AvgIpc) is 2.18. The smallest absolute Gasteiger partial charge is 0.218 e. The third kappa shape index (κ3) is 4.53. The lowest BCUT2D eigenvalue weighted by atomic mass is 10.2. The van der Waals surface area contributed by atoms with Crippen molar-refractivity contribution >= 4 is 29.3 Å². The fourth-order valence-electron chi connectivity index (χ4n) is 0.992. The van der Waals surface area contributed by atoms with Crippen LogP contribution < -0.4 is 5.73 Å². The summed E-state index contributed by atoms with van der Waals surface area (Å²) >= 11 is 7.08. The molecule has 0 aliphatic heterocycles. The molecule has 0 heterocycles. The van der Waals surface area contributed by atoms with Crippen LogP contribution in [0.5, 0.6) is 0 Å². The topological polar surface area (TPSA) is 43.1 Å². The Morgan fingerprint density at radius 3 is 2.87 bits per heavy atom. The van der Waals surface area contributed by atoms with Crippen LogP contribution in [0.4, 0.5) is 4.39 Å². The van der Waals surface area contributed by atoms with E-state index in [9.17, 15) is 9.18 Å². The second-order valence-electron chi connectivity index (χ2n) is 3.02. The van der Waals surface area contributed by atoms with Crippen LogP contribution in [-0.4, -0.2) is 11.7 Å². The predicted molar refractivity (Wildman–Crippen MR) is 61.4 cm³/mol. The van der Waals surface area contributed by atoms with Gasteiger partial charge in [0.25, 0.3) is 0 Å². The maximum Gasteiger partial charge on any atom is 0.218 e. The van der Waals surface area contributed by atoms with Crippen LogP contribution in [0.2, 0.25) is 5.02 Å². The van der Waals surface area contributed by atoms with E-state index in [-0.39, 0.29) is 10.9 Å². The van der Waals surface area contributed by atoms with Gasteiger partial charge in [-0.25, -0.2) is 4.39 Å². The molecule has 1 aromatic carbocycles. The Balaban J connectivity index is 2.38. The summed E-state index contributed by atoms with van der Waals surface area (Å²) in [5, 5.41) is 0.126. The monoisotopic (exact) mass is 247 g/mol. The lowest BCUT2D eigenvalue weighted by Crippen LogP contribution is -2.10. The highest BCUT2D eigenvalue weighted by atomic mass is 35.5. The molecule has 0 spiro atoms. The minimum atomic E-state index is -0.412. The minimum Gasteiger partial charge on any atom is -0.370 e. The molecule has 1 aromatic rings. The summed E-state index contributed by atoms with van der Waals surface area (Å²) in [5.41, 5.74) is 5.84. The van der Waals surface area contributed by atoms with Crippen molar-refractivity contribution < 1.29 is 9.18 Å². The van der Waals surface area contributed by atoms with Crippen molar-refractivity contribution in [2.75, 3.05) is 5.75 Å². The van der Waals surface area contributed by atoms with Gasteiger partial charge in [-0.15, -0.1) is 0 Å². The van der Waals surface area contributed by atoms with E-state index in [1.807, 2.05) is 0 Å². The first kappa shape index (κ1) is 12.3. The summed E-state index contributed by atoms with van der Waals surface area (Å²) < 4.78 is 13.0. The van der Waals surface area contributed by atoms with E-state index in [0.717, 1.165) is 5.56 Å².